The predicted molar refractivity (Wildman–Crippen MR) is 75.3 cm³/mol. The topological polar surface area (TPSA) is 62.2 Å². The van der Waals surface area contributed by atoms with Crippen LogP contribution in [0.2, 0.25) is 0 Å². The lowest BCUT2D eigenvalue weighted by Crippen LogP contribution is -2.39. The quantitative estimate of drug-likeness (QED) is 0.756. The van der Waals surface area contributed by atoms with Gasteiger partial charge in [-0.25, -0.2) is 0 Å². The van der Waals surface area contributed by atoms with Gasteiger partial charge in [-0.15, -0.1) is 0 Å². The molecule has 1 saturated carbocycles. The summed E-state index contributed by atoms with van der Waals surface area (Å²) in [5, 5.41) is 20.5. The van der Waals surface area contributed by atoms with Crippen molar-refractivity contribution in [3.63, 3.8) is 0 Å². The lowest BCUT2D eigenvalue weighted by molar-refractivity contribution is -0.0855. The van der Waals surface area contributed by atoms with Crippen LogP contribution in [0.4, 0.5) is 0 Å². The van der Waals surface area contributed by atoms with Crippen molar-refractivity contribution in [3.05, 3.63) is 23.3 Å². The van der Waals surface area contributed by atoms with Gasteiger partial charge in [-0.1, -0.05) is 17.7 Å². The van der Waals surface area contributed by atoms with E-state index in [-0.39, 0.29) is 23.9 Å². The summed E-state index contributed by atoms with van der Waals surface area (Å²) < 4.78 is 11.8. The van der Waals surface area contributed by atoms with Crippen LogP contribution in [0, 0.1) is 0 Å². The fraction of sp³-hybridized carbons (Fsp3) is 0.750. The molecule has 5 atom stereocenters. The molecule has 0 radical (unpaired) electrons. The number of ether oxygens (including phenoxy) is 2. The Hall–Kier alpha value is -0.680. The molecule has 4 heteroatoms. The highest BCUT2D eigenvalue weighted by atomic mass is 16.7. The monoisotopic (exact) mass is 280 g/mol. The van der Waals surface area contributed by atoms with Gasteiger partial charge in [0.2, 0.25) is 0 Å². The standard InChI is InChI=1S/C16H24O4/c1-9(2)5-6-10-7-11-16(14(20-16)13(10)17)8-12(19-11)15(3,4)18/h5-6,11-14,17-18H,7-8H2,1-4H3/b10-6-/t11-,12+,13+,14-,16?/m0/s1. The molecule has 0 aromatic carbocycles. The van der Waals surface area contributed by atoms with Crippen molar-refractivity contribution in [2.24, 2.45) is 0 Å². The summed E-state index contributed by atoms with van der Waals surface area (Å²) in [6, 6.07) is 0. The Morgan fingerprint density at radius 3 is 2.70 bits per heavy atom. The molecule has 1 spiro atoms. The van der Waals surface area contributed by atoms with Gasteiger partial charge in [-0.3, -0.25) is 0 Å². The summed E-state index contributed by atoms with van der Waals surface area (Å²) in [5.74, 6) is 0. The molecule has 3 rings (SSSR count). The number of hydrogen-bond acceptors (Lipinski definition) is 4. The minimum absolute atomic E-state index is 0.0517. The molecule has 20 heavy (non-hydrogen) atoms. The first-order valence-corrected chi connectivity index (χ1v) is 7.32. The molecule has 0 aromatic rings. The Kier molecular flexibility index (Phi) is 3.14. The highest BCUT2D eigenvalue weighted by molar-refractivity contribution is 5.33. The predicted octanol–water partition coefficient (Wildman–Crippen LogP) is 1.71. The molecular formula is C16H24O4. The highest BCUT2D eigenvalue weighted by Gasteiger charge is 2.72. The van der Waals surface area contributed by atoms with E-state index in [4.69, 9.17) is 9.47 Å². The summed E-state index contributed by atoms with van der Waals surface area (Å²) in [7, 11) is 0. The van der Waals surface area contributed by atoms with E-state index >= 15 is 0 Å². The third-order valence-corrected chi connectivity index (χ3v) is 4.66. The van der Waals surface area contributed by atoms with Crippen molar-refractivity contribution in [2.75, 3.05) is 0 Å². The van der Waals surface area contributed by atoms with Gasteiger partial charge in [0.15, 0.2) is 0 Å². The molecule has 1 unspecified atom stereocenters. The Morgan fingerprint density at radius 2 is 2.10 bits per heavy atom. The lowest BCUT2D eigenvalue weighted by Gasteiger charge is -2.27. The van der Waals surface area contributed by atoms with Gasteiger partial charge in [0, 0.05) is 12.8 Å². The van der Waals surface area contributed by atoms with Crippen LogP contribution in [0.1, 0.15) is 40.5 Å². The normalized spacial score (nSPS) is 45.0. The van der Waals surface area contributed by atoms with Crippen LogP contribution >= 0.6 is 0 Å². The van der Waals surface area contributed by atoms with Gasteiger partial charge in [-0.05, 0) is 33.3 Å². The minimum atomic E-state index is -0.878. The smallest absolute Gasteiger partial charge is 0.127 e. The molecule has 112 valence electrons. The molecule has 2 N–H and O–H groups in total. The lowest BCUT2D eigenvalue weighted by atomic mass is 9.79. The van der Waals surface area contributed by atoms with Crippen molar-refractivity contribution in [1.29, 1.82) is 0 Å². The summed E-state index contributed by atoms with van der Waals surface area (Å²) in [6.45, 7) is 7.58. The van der Waals surface area contributed by atoms with Gasteiger partial charge in [0.05, 0.1) is 17.8 Å². The maximum Gasteiger partial charge on any atom is 0.127 e. The summed E-state index contributed by atoms with van der Waals surface area (Å²) >= 11 is 0. The fourth-order valence-corrected chi connectivity index (χ4v) is 3.35. The van der Waals surface area contributed by atoms with Gasteiger partial charge in [-0.2, -0.15) is 0 Å². The Labute approximate surface area is 120 Å². The van der Waals surface area contributed by atoms with Gasteiger partial charge < -0.3 is 19.7 Å². The number of aliphatic hydroxyl groups excluding tert-OH is 1. The van der Waals surface area contributed by atoms with Crippen LogP contribution in [0.15, 0.2) is 23.3 Å². The largest absolute Gasteiger partial charge is 0.388 e. The number of rotatable bonds is 2. The van der Waals surface area contributed by atoms with E-state index < -0.39 is 11.7 Å². The third-order valence-electron chi connectivity index (χ3n) is 4.66. The van der Waals surface area contributed by atoms with Crippen LogP contribution in [0.25, 0.3) is 0 Å². The van der Waals surface area contributed by atoms with Crippen LogP contribution in [-0.4, -0.2) is 45.8 Å². The van der Waals surface area contributed by atoms with Crippen molar-refractivity contribution >= 4 is 0 Å². The van der Waals surface area contributed by atoms with E-state index in [1.807, 2.05) is 26.0 Å². The second-order valence-electron chi connectivity index (χ2n) is 7.10. The second-order valence-corrected chi connectivity index (χ2v) is 7.10. The van der Waals surface area contributed by atoms with E-state index in [0.717, 1.165) is 5.57 Å². The van der Waals surface area contributed by atoms with Crippen molar-refractivity contribution in [2.45, 2.75) is 76.2 Å². The maximum atomic E-state index is 10.4. The average molecular weight is 280 g/mol. The number of aliphatic hydroxyl groups is 2. The minimum Gasteiger partial charge on any atom is -0.388 e. The average Bonchev–Trinajstić information content (AvgIpc) is 2.92. The maximum absolute atomic E-state index is 10.4. The Bertz CT molecular complexity index is 469. The molecule has 2 saturated heterocycles. The molecule has 0 bridgehead atoms. The molecule has 3 fully saturated rings. The van der Waals surface area contributed by atoms with E-state index in [1.165, 1.54) is 5.57 Å². The van der Waals surface area contributed by atoms with Crippen LogP contribution in [-0.2, 0) is 9.47 Å². The number of epoxide rings is 1. The van der Waals surface area contributed by atoms with Crippen LogP contribution in [0.5, 0.6) is 0 Å². The molecule has 4 nitrogen and oxygen atoms in total. The molecule has 2 aliphatic heterocycles. The van der Waals surface area contributed by atoms with Gasteiger partial charge in [0.25, 0.3) is 0 Å². The third kappa shape index (κ3) is 2.15. The van der Waals surface area contributed by atoms with Crippen molar-refractivity contribution in [1.82, 2.24) is 0 Å². The zero-order valence-corrected chi connectivity index (χ0v) is 12.6. The molecule has 1 aliphatic carbocycles. The first kappa shape index (κ1) is 14.3. The molecule has 0 aromatic heterocycles. The second kappa shape index (κ2) is 4.41. The van der Waals surface area contributed by atoms with Gasteiger partial charge >= 0.3 is 0 Å². The first-order chi connectivity index (χ1) is 9.24. The van der Waals surface area contributed by atoms with E-state index in [0.29, 0.717) is 12.8 Å². The highest BCUT2D eigenvalue weighted by Crippen LogP contribution is 2.58. The fourth-order valence-electron chi connectivity index (χ4n) is 3.35. The summed E-state index contributed by atoms with van der Waals surface area (Å²) in [4.78, 5) is 0. The molecule has 2 heterocycles. The molecular weight excluding hydrogens is 256 g/mol. The van der Waals surface area contributed by atoms with Crippen molar-refractivity contribution < 1.29 is 19.7 Å². The summed E-state index contributed by atoms with van der Waals surface area (Å²) in [6.07, 6.45) is 4.32. The summed E-state index contributed by atoms with van der Waals surface area (Å²) in [5.41, 5.74) is 0.912. The first-order valence-electron chi connectivity index (χ1n) is 7.32. The van der Waals surface area contributed by atoms with Crippen molar-refractivity contribution in [3.8, 4) is 0 Å². The zero-order valence-electron chi connectivity index (χ0n) is 12.6. The van der Waals surface area contributed by atoms with Gasteiger partial charge in [0.1, 0.15) is 17.8 Å². The van der Waals surface area contributed by atoms with E-state index in [1.54, 1.807) is 13.8 Å². The SMILES string of the molecule is CC(C)=C/C=C1/C[C@@H]2O[C@@H](C(C)(C)O)CC23O[C@H]3[C@@H]1O. The van der Waals surface area contributed by atoms with E-state index in [9.17, 15) is 10.2 Å². The van der Waals surface area contributed by atoms with Crippen LogP contribution < -0.4 is 0 Å². The molecule has 3 aliphatic rings. The number of hydrogen-bond donors (Lipinski definition) is 2. The Morgan fingerprint density at radius 1 is 1.40 bits per heavy atom. The number of allylic oxidation sites excluding steroid dienone is 3. The zero-order chi connectivity index (χ0) is 14.7. The Balaban J connectivity index is 1.81. The molecule has 0 amide bonds. The van der Waals surface area contributed by atoms with Crippen LogP contribution in [0.3, 0.4) is 0 Å². The van der Waals surface area contributed by atoms with E-state index in [2.05, 4.69) is 0 Å².